The Morgan fingerprint density at radius 2 is 1.77 bits per heavy atom. The second-order valence-corrected chi connectivity index (χ2v) is 6.56. The maximum absolute atomic E-state index is 12.1. The third kappa shape index (κ3) is 5.32. The van der Waals surface area contributed by atoms with Gasteiger partial charge in [-0.2, -0.15) is 0 Å². The number of nitrogens with one attached hydrogen (secondary N) is 1. The number of nitrogens with zero attached hydrogens (tertiary/aromatic N) is 1. The molecule has 0 aliphatic carbocycles. The first kappa shape index (κ1) is 17.9. The van der Waals surface area contributed by atoms with E-state index < -0.39 is 0 Å². The number of aromatic nitrogens is 1. The Labute approximate surface area is 156 Å². The van der Waals surface area contributed by atoms with Crippen molar-refractivity contribution in [3.8, 4) is 11.5 Å². The smallest absolute Gasteiger partial charge is 0.251 e. The number of thiazole rings is 1. The second-order valence-electron chi connectivity index (χ2n) is 5.61. The van der Waals surface area contributed by atoms with Crippen molar-refractivity contribution in [3.05, 3.63) is 76.2 Å². The molecule has 0 fully saturated rings. The van der Waals surface area contributed by atoms with Gasteiger partial charge in [0, 0.05) is 16.6 Å². The lowest BCUT2D eigenvalue weighted by molar-refractivity contribution is 0.0947. The Balaban J connectivity index is 1.41. The Morgan fingerprint density at radius 3 is 2.46 bits per heavy atom. The summed E-state index contributed by atoms with van der Waals surface area (Å²) < 4.78 is 11.2. The van der Waals surface area contributed by atoms with Crippen molar-refractivity contribution in [2.24, 2.45) is 0 Å². The highest BCUT2D eigenvalue weighted by Gasteiger charge is 2.06. The van der Waals surface area contributed by atoms with E-state index in [1.807, 2.05) is 42.6 Å². The van der Waals surface area contributed by atoms with E-state index in [4.69, 9.17) is 9.47 Å². The largest absolute Gasteiger partial charge is 0.492 e. The molecule has 0 saturated carbocycles. The van der Waals surface area contributed by atoms with Gasteiger partial charge >= 0.3 is 0 Å². The highest BCUT2D eigenvalue weighted by Crippen LogP contribution is 2.16. The minimum absolute atomic E-state index is 0.135. The van der Waals surface area contributed by atoms with Crippen LogP contribution in [-0.2, 0) is 6.61 Å². The van der Waals surface area contributed by atoms with Crippen LogP contribution in [0.1, 0.15) is 21.1 Å². The van der Waals surface area contributed by atoms with Crippen molar-refractivity contribution in [1.29, 1.82) is 0 Å². The van der Waals surface area contributed by atoms with Gasteiger partial charge in [0.05, 0.1) is 6.54 Å². The molecule has 1 aromatic heterocycles. The Hall–Kier alpha value is -2.86. The van der Waals surface area contributed by atoms with Crippen LogP contribution in [0.3, 0.4) is 0 Å². The Kier molecular flexibility index (Phi) is 6.22. The Bertz CT molecular complexity index is 832. The average molecular weight is 368 g/mol. The van der Waals surface area contributed by atoms with Crippen molar-refractivity contribution in [1.82, 2.24) is 10.3 Å². The molecule has 0 aliphatic rings. The number of carbonyl (C=O) groups excluding carboxylic acids is 1. The summed E-state index contributed by atoms with van der Waals surface area (Å²) in [7, 11) is 0. The predicted molar refractivity (Wildman–Crippen MR) is 102 cm³/mol. The van der Waals surface area contributed by atoms with E-state index in [0.717, 1.165) is 16.5 Å². The van der Waals surface area contributed by atoms with Crippen LogP contribution < -0.4 is 14.8 Å². The quantitative estimate of drug-likeness (QED) is 0.614. The molecule has 0 atom stereocenters. The zero-order valence-corrected chi connectivity index (χ0v) is 15.3. The molecule has 5 nitrogen and oxygen atoms in total. The molecule has 0 aliphatic heterocycles. The number of hydrogen-bond donors (Lipinski definition) is 1. The predicted octanol–water partition coefficient (Wildman–Crippen LogP) is 3.84. The van der Waals surface area contributed by atoms with Crippen LogP contribution >= 0.6 is 11.3 Å². The van der Waals surface area contributed by atoms with E-state index in [9.17, 15) is 4.79 Å². The van der Waals surface area contributed by atoms with E-state index in [1.165, 1.54) is 0 Å². The topological polar surface area (TPSA) is 60.5 Å². The van der Waals surface area contributed by atoms with Gasteiger partial charge in [-0.25, -0.2) is 4.98 Å². The van der Waals surface area contributed by atoms with E-state index in [2.05, 4.69) is 10.3 Å². The summed E-state index contributed by atoms with van der Waals surface area (Å²) in [6, 6.07) is 16.6. The summed E-state index contributed by atoms with van der Waals surface area (Å²) in [6.45, 7) is 3.25. The van der Waals surface area contributed by atoms with Gasteiger partial charge in [-0.1, -0.05) is 18.2 Å². The lowest BCUT2D eigenvalue weighted by Crippen LogP contribution is -2.28. The molecular weight excluding hydrogens is 348 g/mol. The molecule has 3 aromatic rings. The fourth-order valence-corrected chi connectivity index (χ4v) is 2.95. The summed E-state index contributed by atoms with van der Waals surface area (Å²) in [6.07, 6.45) is 0. The SMILES string of the molecule is Cc1csc(COc2ccc(C(=O)NCCOc3ccccc3)cc2)n1. The number of hydrogen-bond acceptors (Lipinski definition) is 5. The number of ether oxygens (including phenoxy) is 2. The number of amides is 1. The lowest BCUT2D eigenvalue weighted by atomic mass is 10.2. The first-order valence-electron chi connectivity index (χ1n) is 8.30. The number of para-hydroxylation sites is 1. The molecule has 26 heavy (non-hydrogen) atoms. The molecule has 0 bridgehead atoms. The number of carbonyl (C=O) groups is 1. The van der Waals surface area contributed by atoms with Gasteiger partial charge in [-0.05, 0) is 43.3 Å². The van der Waals surface area contributed by atoms with Crippen molar-refractivity contribution in [3.63, 3.8) is 0 Å². The van der Waals surface area contributed by atoms with Gasteiger partial charge in [0.2, 0.25) is 0 Å². The van der Waals surface area contributed by atoms with Crippen LogP contribution in [0.2, 0.25) is 0 Å². The van der Waals surface area contributed by atoms with Crippen molar-refractivity contribution in [2.45, 2.75) is 13.5 Å². The van der Waals surface area contributed by atoms with Crippen molar-refractivity contribution in [2.75, 3.05) is 13.2 Å². The second kappa shape index (κ2) is 9.01. The van der Waals surface area contributed by atoms with E-state index >= 15 is 0 Å². The van der Waals surface area contributed by atoms with Crippen LogP contribution in [0.15, 0.2) is 60.0 Å². The van der Waals surface area contributed by atoms with Gasteiger partial charge in [-0.15, -0.1) is 11.3 Å². The summed E-state index contributed by atoms with van der Waals surface area (Å²) >= 11 is 1.57. The zero-order chi connectivity index (χ0) is 18.2. The van der Waals surface area contributed by atoms with E-state index in [-0.39, 0.29) is 5.91 Å². The molecule has 134 valence electrons. The molecule has 0 spiro atoms. The van der Waals surface area contributed by atoms with Crippen LogP contribution in [0.25, 0.3) is 0 Å². The molecular formula is C20H20N2O3S. The van der Waals surface area contributed by atoms with Crippen LogP contribution in [0.4, 0.5) is 0 Å². The average Bonchev–Trinajstić information content (AvgIpc) is 3.10. The van der Waals surface area contributed by atoms with E-state index in [0.29, 0.717) is 31.1 Å². The number of rotatable bonds is 8. The highest BCUT2D eigenvalue weighted by atomic mass is 32.1. The van der Waals surface area contributed by atoms with Crippen molar-refractivity contribution >= 4 is 17.2 Å². The van der Waals surface area contributed by atoms with E-state index in [1.54, 1.807) is 35.6 Å². The maximum Gasteiger partial charge on any atom is 0.251 e. The first-order chi connectivity index (χ1) is 12.7. The van der Waals surface area contributed by atoms with Crippen LogP contribution in [-0.4, -0.2) is 24.0 Å². The maximum atomic E-state index is 12.1. The number of benzene rings is 2. The number of aryl methyl sites for hydroxylation is 1. The molecule has 0 radical (unpaired) electrons. The summed E-state index contributed by atoms with van der Waals surface area (Å²) in [5.41, 5.74) is 1.58. The summed E-state index contributed by atoms with van der Waals surface area (Å²) in [5, 5.41) is 5.76. The molecule has 1 N–H and O–H groups in total. The monoisotopic (exact) mass is 368 g/mol. The molecule has 2 aromatic carbocycles. The molecule has 3 rings (SSSR count). The molecule has 0 saturated heterocycles. The van der Waals surface area contributed by atoms with Crippen LogP contribution in [0.5, 0.6) is 11.5 Å². The van der Waals surface area contributed by atoms with Gasteiger partial charge in [0.25, 0.3) is 5.91 Å². The Morgan fingerprint density at radius 1 is 1.04 bits per heavy atom. The summed E-state index contributed by atoms with van der Waals surface area (Å²) in [5.74, 6) is 1.37. The fourth-order valence-electron chi connectivity index (χ4n) is 2.27. The van der Waals surface area contributed by atoms with Gasteiger partial charge in [-0.3, -0.25) is 4.79 Å². The third-order valence-corrected chi connectivity index (χ3v) is 4.49. The fraction of sp³-hybridized carbons (Fsp3) is 0.200. The summed E-state index contributed by atoms with van der Waals surface area (Å²) in [4.78, 5) is 16.5. The standard InChI is InChI=1S/C20H20N2O3S/c1-15-14-26-19(22-15)13-25-18-9-7-16(8-10-18)20(23)21-11-12-24-17-5-3-2-4-6-17/h2-10,14H,11-13H2,1H3,(H,21,23). The first-order valence-corrected chi connectivity index (χ1v) is 9.18. The van der Waals surface area contributed by atoms with Gasteiger partial charge < -0.3 is 14.8 Å². The molecule has 1 heterocycles. The molecule has 6 heteroatoms. The normalized spacial score (nSPS) is 10.3. The van der Waals surface area contributed by atoms with Crippen LogP contribution in [0, 0.1) is 6.92 Å². The van der Waals surface area contributed by atoms with Gasteiger partial charge in [0.15, 0.2) is 0 Å². The molecule has 0 unspecified atom stereocenters. The minimum atomic E-state index is -0.135. The highest BCUT2D eigenvalue weighted by molar-refractivity contribution is 7.09. The third-order valence-electron chi connectivity index (χ3n) is 3.54. The lowest BCUT2D eigenvalue weighted by Gasteiger charge is -2.08. The molecule has 1 amide bonds. The zero-order valence-electron chi connectivity index (χ0n) is 14.5. The van der Waals surface area contributed by atoms with Crippen molar-refractivity contribution < 1.29 is 14.3 Å². The van der Waals surface area contributed by atoms with Gasteiger partial charge in [0.1, 0.15) is 29.7 Å². The minimum Gasteiger partial charge on any atom is -0.492 e.